The van der Waals surface area contributed by atoms with Crippen molar-refractivity contribution in [3.63, 3.8) is 0 Å². The van der Waals surface area contributed by atoms with Crippen LogP contribution in [0.4, 0.5) is 5.95 Å². The third-order valence-electron chi connectivity index (χ3n) is 4.22. The first kappa shape index (κ1) is 15.3. The molecule has 23 heavy (non-hydrogen) atoms. The van der Waals surface area contributed by atoms with Crippen molar-refractivity contribution < 1.29 is 14.3 Å². The highest BCUT2D eigenvalue weighted by Crippen LogP contribution is 2.37. The predicted octanol–water partition coefficient (Wildman–Crippen LogP) is 1.29. The standard InChI is InChI=1S/C16H20N4O3/c1-9-7-10(9)15(22)17-8-13(21)18-16-19-14-11(20(16)2)5-4-6-12(14)23-3/h4-6,9-10H,7-8H2,1-3H3,(H,17,22)(H,18,19,21). The number of benzene rings is 1. The predicted molar refractivity (Wildman–Crippen MR) is 86.2 cm³/mol. The molecular formula is C16H20N4O3. The van der Waals surface area contributed by atoms with Crippen molar-refractivity contribution in [1.29, 1.82) is 0 Å². The smallest absolute Gasteiger partial charge is 0.246 e. The highest BCUT2D eigenvalue weighted by Gasteiger charge is 2.39. The third-order valence-corrected chi connectivity index (χ3v) is 4.22. The van der Waals surface area contributed by atoms with Crippen molar-refractivity contribution >= 4 is 28.8 Å². The zero-order valence-electron chi connectivity index (χ0n) is 13.4. The second-order valence-electron chi connectivity index (χ2n) is 5.91. The number of methoxy groups -OCH3 is 1. The number of anilines is 1. The van der Waals surface area contributed by atoms with Gasteiger partial charge in [0.1, 0.15) is 11.3 Å². The summed E-state index contributed by atoms with van der Waals surface area (Å²) >= 11 is 0. The summed E-state index contributed by atoms with van der Waals surface area (Å²) in [6.07, 6.45) is 0.901. The fourth-order valence-corrected chi connectivity index (χ4v) is 2.62. The van der Waals surface area contributed by atoms with E-state index in [1.54, 1.807) is 11.7 Å². The van der Waals surface area contributed by atoms with Crippen molar-refractivity contribution in [2.45, 2.75) is 13.3 Å². The number of imidazole rings is 1. The summed E-state index contributed by atoms with van der Waals surface area (Å²) in [5.74, 6) is 1.19. The summed E-state index contributed by atoms with van der Waals surface area (Å²) in [5.41, 5.74) is 1.54. The number of rotatable bonds is 5. The third kappa shape index (κ3) is 2.99. The molecule has 2 amide bonds. The van der Waals surface area contributed by atoms with E-state index in [0.717, 1.165) is 11.9 Å². The number of aromatic nitrogens is 2. The van der Waals surface area contributed by atoms with Crippen LogP contribution in [0, 0.1) is 11.8 Å². The van der Waals surface area contributed by atoms with Crippen LogP contribution in [0.2, 0.25) is 0 Å². The largest absolute Gasteiger partial charge is 0.494 e. The maximum absolute atomic E-state index is 12.0. The van der Waals surface area contributed by atoms with E-state index in [1.165, 1.54) is 0 Å². The van der Waals surface area contributed by atoms with Gasteiger partial charge in [0.15, 0.2) is 0 Å². The summed E-state index contributed by atoms with van der Waals surface area (Å²) in [5, 5.41) is 5.38. The van der Waals surface area contributed by atoms with Crippen LogP contribution in [0.25, 0.3) is 11.0 Å². The Kier molecular flexibility index (Phi) is 3.94. The molecule has 122 valence electrons. The highest BCUT2D eigenvalue weighted by molar-refractivity contribution is 5.96. The van der Waals surface area contributed by atoms with E-state index in [1.807, 2.05) is 32.2 Å². The number of carbonyl (C=O) groups excluding carboxylic acids is 2. The van der Waals surface area contributed by atoms with Gasteiger partial charge in [-0.15, -0.1) is 0 Å². The van der Waals surface area contributed by atoms with Crippen LogP contribution < -0.4 is 15.4 Å². The number of hydrogen-bond acceptors (Lipinski definition) is 4. The number of carbonyl (C=O) groups is 2. The van der Waals surface area contributed by atoms with Crippen molar-refractivity contribution in [2.75, 3.05) is 19.0 Å². The molecule has 2 atom stereocenters. The average Bonchev–Trinajstić information content (AvgIpc) is 3.20. The van der Waals surface area contributed by atoms with Gasteiger partial charge >= 0.3 is 0 Å². The fourth-order valence-electron chi connectivity index (χ4n) is 2.62. The minimum Gasteiger partial charge on any atom is -0.494 e. The molecule has 2 aromatic rings. The maximum atomic E-state index is 12.0. The molecule has 1 aromatic heterocycles. The molecular weight excluding hydrogens is 296 g/mol. The molecule has 0 saturated heterocycles. The Morgan fingerprint density at radius 2 is 2.17 bits per heavy atom. The van der Waals surface area contributed by atoms with Crippen LogP contribution in [0.3, 0.4) is 0 Å². The van der Waals surface area contributed by atoms with Gasteiger partial charge in [0, 0.05) is 13.0 Å². The molecule has 7 heteroatoms. The number of nitrogens with zero attached hydrogens (tertiary/aromatic N) is 2. The van der Waals surface area contributed by atoms with Crippen molar-refractivity contribution in [3.05, 3.63) is 18.2 Å². The second-order valence-corrected chi connectivity index (χ2v) is 5.91. The first-order valence-corrected chi connectivity index (χ1v) is 7.58. The SMILES string of the molecule is COc1cccc2c1nc(NC(=O)CNC(=O)C1CC1C)n2C. The van der Waals surface area contributed by atoms with Gasteiger partial charge in [0.25, 0.3) is 0 Å². The van der Waals surface area contributed by atoms with E-state index < -0.39 is 0 Å². The zero-order valence-corrected chi connectivity index (χ0v) is 13.4. The highest BCUT2D eigenvalue weighted by atomic mass is 16.5. The lowest BCUT2D eigenvalue weighted by Crippen LogP contribution is -2.34. The van der Waals surface area contributed by atoms with E-state index in [2.05, 4.69) is 15.6 Å². The Bertz CT molecular complexity index is 768. The molecule has 1 saturated carbocycles. The number of amides is 2. The molecule has 0 bridgehead atoms. The van der Waals surface area contributed by atoms with Crippen molar-refractivity contribution in [2.24, 2.45) is 18.9 Å². The van der Waals surface area contributed by atoms with Crippen LogP contribution in [-0.4, -0.2) is 35.0 Å². The van der Waals surface area contributed by atoms with Crippen molar-refractivity contribution in [3.8, 4) is 5.75 Å². The summed E-state index contributed by atoms with van der Waals surface area (Å²) < 4.78 is 7.06. The summed E-state index contributed by atoms with van der Waals surface area (Å²) in [7, 11) is 3.39. The molecule has 1 heterocycles. The number of aryl methyl sites for hydroxylation is 1. The number of hydrogen-bond donors (Lipinski definition) is 2. The van der Waals surface area contributed by atoms with Gasteiger partial charge in [0.2, 0.25) is 17.8 Å². The minimum absolute atomic E-state index is 0.0532. The van der Waals surface area contributed by atoms with Crippen molar-refractivity contribution in [1.82, 2.24) is 14.9 Å². The van der Waals surface area contributed by atoms with Gasteiger partial charge in [-0.3, -0.25) is 14.9 Å². The topological polar surface area (TPSA) is 85.2 Å². The average molecular weight is 316 g/mol. The molecule has 1 fully saturated rings. The molecule has 0 spiro atoms. The molecule has 7 nitrogen and oxygen atoms in total. The zero-order chi connectivity index (χ0) is 16.6. The summed E-state index contributed by atoms with van der Waals surface area (Å²) in [6, 6.07) is 5.58. The van der Waals surface area contributed by atoms with Crippen LogP contribution in [0.15, 0.2) is 18.2 Å². The summed E-state index contributed by atoms with van der Waals surface area (Å²) in [4.78, 5) is 28.2. The maximum Gasteiger partial charge on any atom is 0.246 e. The van der Waals surface area contributed by atoms with E-state index in [9.17, 15) is 9.59 Å². The fraction of sp³-hybridized carbons (Fsp3) is 0.438. The molecule has 1 aliphatic rings. The molecule has 0 radical (unpaired) electrons. The number of nitrogens with one attached hydrogen (secondary N) is 2. The Morgan fingerprint density at radius 1 is 1.43 bits per heavy atom. The Hall–Kier alpha value is -2.57. The molecule has 1 aliphatic carbocycles. The monoisotopic (exact) mass is 316 g/mol. The van der Waals surface area contributed by atoms with Gasteiger partial charge in [-0.25, -0.2) is 4.98 Å². The number of ether oxygens (including phenoxy) is 1. The van der Waals surface area contributed by atoms with Crippen LogP contribution >= 0.6 is 0 Å². The lowest BCUT2D eigenvalue weighted by Gasteiger charge is -2.06. The van der Waals surface area contributed by atoms with Crippen LogP contribution in [0.1, 0.15) is 13.3 Å². The number of para-hydroxylation sites is 1. The van der Waals surface area contributed by atoms with Gasteiger partial charge in [-0.2, -0.15) is 0 Å². The Morgan fingerprint density at radius 3 is 2.83 bits per heavy atom. The van der Waals surface area contributed by atoms with E-state index >= 15 is 0 Å². The van der Waals surface area contributed by atoms with E-state index in [0.29, 0.717) is 23.1 Å². The quantitative estimate of drug-likeness (QED) is 0.870. The molecule has 0 aliphatic heterocycles. The van der Waals surface area contributed by atoms with Crippen LogP contribution in [0.5, 0.6) is 5.75 Å². The van der Waals surface area contributed by atoms with E-state index in [4.69, 9.17) is 4.74 Å². The van der Waals surface area contributed by atoms with Crippen LogP contribution in [-0.2, 0) is 16.6 Å². The molecule has 2 N–H and O–H groups in total. The first-order valence-electron chi connectivity index (χ1n) is 7.58. The van der Waals surface area contributed by atoms with Gasteiger partial charge in [0.05, 0.1) is 19.2 Å². The van der Waals surface area contributed by atoms with Gasteiger partial charge in [-0.05, 0) is 24.5 Å². The first-order chi connectivity index (χ1) is 11.0. The van der Waals surface area contributed by atoms with E-state index in [-0.39, 0.29) is 24.3 Å². The lowest BCUT2D eigenvalue weighted by atomic mass is 10.3. The molecule has 2 unspecified atom stereocenters. The minimum atomic E-state index is -0.302. The normalized spacial score (nSPS) is 19.4. The lowest BCUT2D eigenvalue weighted by molar-refractivity contribution is -0.125. The Balaban J connectivity index is 1.67. The molecule has 3 rings (SSSR count). The van der Waals surface area contributed by atoms with Gasteiger partial charge < -0.3 is 14.6 Å². The summed E-state index contributed by atoms with van der Waals surface area (Å²) in [6.45, 7) is 1.97. The Labute approximate surface area is 134 Å². The second kappa shape index (κ2) is 5.91. The number of fused-ring (bicyclic) bond motifs is 1. The molecule has 1 aromatic carbocycles. The van der Waals surface area contributed by atoms with Gasteiger partial charge in [-0.1, -0.05) is 13.0 Å².